The Bertz CT molecular complexity index is 763. The Morgan fingerprint density at radius 1 is 1.00 bits per heavy atom. The van der Waals surface area contributed by atoms with Gasteiger partial charge in [-0.05, 0) is 52.7 Å². The molecule has 1 heterocycles. The quantitative estimate of drug-likeness (QED) is 0.521. The molecule has 0 aliphatic carbocycles. The Balaban J connectivity index is 1.53. The summed E-state index contributed by atoms with van der Waals surface area (Å²) in [5.41, 5.74) is 3.29. The van der Waals surface area contributed by atoms with Crippen molar-refractivity contribution in [3.8, 4) is 0 Å². The Hall–Kier alpha value is -2.53. The van der Waals surface area contributed by atoms with Gasteiger partial charge in [-0.2, -0.15) is 0 Å². The minimum Gasteiger partial charge on any atom is -0.385 e. The molecule has 0 bridgehead atoms. The number of nitrogens with zero attached hydrogens (tertiary/aromatic N) is 3. The van der Waals surface area contributed by atoms with Crippen LogP contribution in [0.4, 0.5) is 16.5 Å². The lowest BCUT2D eigenvalue weighted by Gasteiger charge is -2.06. The van der Waals surface area contributed by atoms with E-state index in [4.69, 9.17) is 0 Å². The number of azo groups is 1. The number of hydrogen-bond acceptors (Lipinski definition) is 4. The second-order valence-electron chi connectivity index (χ2n) is 5.21. The fourth-order valence-electron chi connectivity index (χ4n) is 2.17. The summed E-state index contributed by atoms with van der Waals surface area (Å²) >= 11 is 1.57. The average molecular weight is 323 g/mol. The Kier molecular flexibility index (Phi) is 5.11. The van der Waals surface area contributed by atoms with Crippen molar-refractivity contribution in [2.45, 2.75) is 6.42 Å². The second-order valence-corrected chi connectivity index (χ2v) is 6.08. The van der Waals surface area contributed by atoms with E-state index in [1.807, 2.05) is 53.5 Å². The zero-order valence-electron chi connectivity index (χ0n) is 13.0. The van der Waals surface area contributed by atoms with Gasteiger partial charge in [0.2, 0.25) is 0 Å². The molecule has 2 aromatic carbocycles. The van der Waals surface area contributed by atoms with Gasteiger partial charge in [-0.15, -0.1) is 0 Å². The highest BCUT2D eigenvalue weighted by molar-refractivity contribution is 7.12. The van der Waals surface area contributed by atoms with Gasteiger partial charge in [0.25, 0.3) is 0 Å². The summed E-state index contributed by atoms with van der Waals surface area (Å²) in [6.07, 6.45) is 2.98. The van der Waals surface area contributed by atoms with Gasteiger partial charge in [-0.1, -0.05) is 30.3 Å². The van der Waals surface area contributed by atoms with Gasteiger partial charge >= 0.3 is 5.13 Å². The summed E-state index contributed by atoms with van der Waals surface area (Å²) in [4.78, 5) is 0. The highest BCUT2D eigenvalue weighted by Gasteiger charge is 2.06. The van der Waals surface area contributed by atoms with Crippen LogP contribution in [-0.4, -0.2) is 6.54 Å². The van der Waals surface area contributed by atoms with Crippen LogP contribution in [0, 0.1) is 0 Å². The van der Waals surface area contributed by atoms with Crippen molar-refractivity contribution in [2.75, 3.05) is 11.9 Å². The van der Waals surface area contributed by atoms with Gasteiger partial charge in [-0.25, -0.2) is 4.57 Å². The zero-order chi connectivity index (χ0) is 15.9. The molecule has 0 amide bonds. The number of aromatic nitrogens is 1. The molecule has 23 heavy (non-hydrogen) atoms. The number of nitrogens with one attached hydrogen (secondary N) is 1. The first-order valence-electron chi connectivity index (χ1n) is 7.54. The zero-order valence-corrected chi connectivity index (χ0v) is 13.8. The van der Waals surface area contributed by atoms with Crippen molar-refractivity contribution in [3.63, 3.8) is 0 Å². The van der Waals surface area contributed by atoms with Gasteiger partial charge < -0.3 is 5.32 Å². The molecule has 0 unspecified atom stereocenters. The summed E-state index contributed by atoms with van der Waals surface area (Å²) in [7, 11) is 1.96. The lowest BCUT2D eigenvalue weighted by Crippen LogP contribution is -2.23. The molecule has 0 spiro atoms. The lowest BCUT2D eigenvalue weighted by atomic mass is 10.1. The third-order valence-corrected chi connectivity index (χ3v) is 4.30. The summed E-state index contributed by atoms with van der Waals surface area (Å²) in [5, 5.41) is 14.8. The molecular formula is C18H19N4S+. The van der Waals surface area contributed by atoms with E-state index in [1.165, 1.54) is 5.56 Å². The predicted molar refractivity (Wildman–Crippen MR) is 94.7 cm³/mol. The molecular weight excluding hydrogens is 304 g/mol. The third-order valence-electron chi connectivity index (χ3n) is 3.46. The van der Waals surface area contributed by atoms with E-state index in [1.54, 1.807) is 11.3 Å². The van der Waals surface area contributed by atoms with Crippen LogP contribution in [0.25, 0.3) is 0 Å². The number of hydrogen-bond donors (Lipinski definition) is 1. The number of thiazole rings is 1. The van der Waals surface area contributed by atoms with E-state index < -0.39 is 0 Å². The van der Waals surface area contributed by atoms with Gasteiger partial charge in [0.1, 0.15) is 11.9 Å². The fraction of sp³-hybridized carbons (Fsp3) is 0.167. The summed E-state index contributed by atoms with van der Waals surface area (Å²) in [6.45, 7) is 0.913. The van der Waals surface area contributed by atoms with Crippen LogP contribution in [-0.2, 0) is 13.5 Å². The Morgan fingerprint density at radius 2 is 1.78 bits per heavy atom. The van der Waals surface area contributed by atoms with Crippen LogP contribution in [0.2, 0.25) is 0 Å². The van der Waals surface area contributed by atoms with Crippen molar-refractivity contribution < 1.29 is 4.57 Å². The molecule has 116 valence electrons. The average Bonchev–Trinajstić information content (AvgIpc) is 3.00. The lowest BCUT2D eigenvalue weighted by molar-refractivity contribution is -0.654. The first kappa shape index (κ1) is 15.4. The van der Waals surface area contributed by atoms with Crippen LogP contribution in [0.3, 0.4) is 0 Å². The standard InChI is InChI=1S/C18H18N4S/c1-22-13-14-23-18(22)21-20-17-9-7-16(8-10-17)19-12-11-15-5-3-2-4-6-15/h2-10,13-14H,11-12H2,1H3/p+1. The highest BCUT2D eigenvalue weighted by Crippen LogP contribution is 2.20. The normalized spacial score (nSPS) is 11.0. The van der Waals surface area contributed by atoms with E-state index in [0.29, 0.717) is 0 Å². The van der Waals surface area contributed by atoms with E-state index in [-0.39, 0.29) is 0 Å². The Labute approximate surface area is 140 Å². The molecule has 0 radical (unpaired) electrons. The smallest absolute Gasteiger partial charge is 0.385 e. The van der Waals surface area contributed by atoms with Crippen molar-refractivity contribution >= 4 is 27.8 Å². The molecule has 1 N–H and O–H groups in total. The third kappa shape index (κ3) is 4.47. The molecule has 3 aromatic rings. The molecule has 0 aliphatic rings. The fourth-order valence-corrected chi connectivity index (χ4v) is 2.85. The monoisotopic (exact) mass is 323 g/mol. The first-order chi connectivity index (χ1) is 11.3. The Morgan fingerprint density at radius 3 is 2.48 bits per heavy atom. The SMILES string of the molecule is C[n+]1ccsc1N=Nc1ccc(NCCc2ccccc2)cc1. The van der Waals surface area contributed by atoms with Crippen molar-refractivity contribution in [1.82, 2.24) is 0 Å². The van der Waals surface area contributed by atoms with Gasteiger partial charge in [0.15, 0.2) is 0 Å². The first-order valence-corrected chi connectivity index (χ1v) is 8.42. The van der Waals surface area contributed by atoms with Crippen LogP contribution >= 0.6 is 11.3 Å². The van der Waals surface area contributed by atoms with E-state index >= 15 is 0 Å². The van der Waals surface area contributed by atoms with E-state index in [2.05, 4.69) is 39.8 Å². The topological polar surface area (TPSA) is 40.6 Å². The molecule has 5 heteroatoms. The van der Waals surface area contributed by atoms with Crippen LogP contribution in [0.15, 0.2) is 76.4 Å². The van der Waals surface area contributed by atoms with Crippen molar-refractivity contribution in [1.29, 1.82) is 0 Å². The summed E-state index contributed by atoms with van der Waals surface area (Å²) < 4.78 is 1.95. The number of benzene rings is 2. The highest BCUT2D eigenvalue weighted by atomic mass is 32.1. The van der Waals surface area contributed by atoms with Gasteiger partial charge in [-0.3, -0.25) is 0 Å². The maximum atomic E-state index is 4.27. The minimum absolute atomic E-state index is 0.854. The molecule has 0 aliphatic heterocycles. The maximum absolute atomic E-state index is 4.27. The molecule has 0 saturated heterocycles. The minimum atomic E-state index is 0.854. The van der Waals surface area contributed by atoms with Crippen molar-refractivity contribution in [3.05, 3.63) is 71.7 Å². The summed E-state index contributed by atoms with van der Waals surface area (Å²) in [6, 6.07) is 18.5. The molecule has 0 fully saturated rings. The molecule has 4 nitrogen and oxygen atoms in total. The van der Waals surface area contributed by atoms with Crippen molar-refractivity contribution in [2.24, 2.45) is 17.3 Å². The molecule has 1 aromatic heterocycles. The van der Waals surface area contributed by atoms with Crippen LogP contribution < -0.4 is 9.88 Å². The van der Waals surface area contributed by atoms with Crippen LogP contribution in [0.1, 0.15) is 5.56 Å². The molecule has 0 saturated carbocycles. The van der Waals surface area contributed by atoms with Gasteiger partial charge in [0, 0.05) is 17.6 Å². The predicted octanol–water partition coefficient (Wildman–Crippen LogP) is 4.64. The molecule has 0 atom stereocenters. The maximum Gasteiger partial charge on any atom is 0.408 e. The van der Waals surface area contributed by atoms with E-state index in [9.17, 15) is 0 Å². The van der Waals surface area contributed by atoms with Gasteiger partial charge in [0.05, 0.1) is 12.2 Å². The van der Waals surface area contributed by atoms with Crippen LogP contribution in [0.5, 0.6) is 0 Å². The summed E-state index contributed by atoms with van der Waals surface area (Å²) in [5.74, 6) is 0. The molecule has 3 rings (SSSR count). The largest absolute Gasteiger partial charge is 0.408 e. The van der Waals surface area contributed by atoms with E-state index in [0.717, 1.165) is 29.5 Å². The number of anilines is 1. The number of aryl methyl sites for hydroxylation is 1. The number of rotatable bonds is 6. The second kappa shape index (κ2) is 7.65.